The number of hydrogen-bond donors (Lipinski definition) is 1. The van der Waals surface area contributed by atoms with Gasteiger partial charge in [0.1, 0.15) is 11.6 Å². The van der Waals surface area contributed by atoms with Crippen molar-refractivity contribution in [3.63, 3.8) is 0 Å². The molecular weight excluding hydrogens is 343 g/mol. The van der Waals surface area contributed by atoms with E-state index in [4.69, 9.17) is 0 Å². The summed E-state index contributed by atoms with van der Waals surface area (Å²) >= 11 is 0. The Hall–Kier alpha value is -2.99. The second-order valence-corrected chi connectivity index (χ2v) is 6.77. The molecule has 0 unspecified atom stereocenters. The van der Waals surface area contributed by atoms with Gasteiger partial charge in [0.2, 0.25) is 5.91 Å². The lowest BCUT2D eigenvalue weighted by atomic mass is 10.1. The molecule has 0 saturated heterocycles. The van der Waals surface area contributed by atoms with Crippen molar-refractivity contribution in [1.82, 2.24) is 14.7 Å². The number of anilines is 1. The molecule has 27 heavy (non-hydrogen) atoms. The lowest BCUT2D eigenvalue weighted by Crippen LogP contribution is -2.30. The summed E-state index contributed by atoms with van der Waals surface area (Å²) in [6, 6.07) is 16.0. The Morgan fingerprint density at radius 2 is 1.78 bits per heavy atom. The number of aryl methyl sites for hydroxylation is 2. The summed E-state index contributed by atoms with van der Waals surface area (Å²) in [4.78, 5) is 14.4. The number of amides is 1. The summed E-state index contributed by atoms with van der Waals surface area (Å²) in [5, 5.41) is 7.28. The van der Waals surface area contributed by atoms with Crippen LogP contribution in [-0.4, -0.2) is 34.2 Å². The maximum absolute atomic E-state index is 13.2. The summed E-state index contributed by atoms with van der Waals surface area (Å²) in [7, 11) is 1.90. The molecule has 0 aliphatic rings. The number of likely N-dealkylation sites (N-methyl/N-ethyl adjacent to an activating group) is 1. The van der Waals surface area contributed by atoms with Crippen LogP contribution in [0.5, 0.6) is 0 Å². The molecule has 0 atom stereocenters. The first kappa shape index (κ1) is 18.8. The molecule has 0 spiro atoms. The van der Waals surface area contributed by atoms with Crippen LogP contribution in [0.4, 0.5) is 10.2 Å². The minimum absolute atomic E-state index is 0.132. The van der Waals surface area contributed by atoms with E-state index in [2.05, 4.69) is 34.7 Å². The lowest BCUT2D eigenvalue weighted by Gasteiger charge is -2.17. The van der Waals surface area contributed by atoms with Gasteiger partial charge in [-0.3, -0.25) is 9.69 Å². The van der Waals surface area contributed by atoms with Gasteiger partial charge in [0.05, 0.1) is 17.9 Å². The average Bonchev–Trinajstić information content (AvgIpc) is 2.97. The zero-order valence-corrected chi connectivity index (χ0v) is 15.7. The van der Waals surface area contributed by atoms with E-state index < -0.39 is 0 Å². The van der Waals surface area contributed by atoms with Crippen LogP contribution >= 0.6 is 0 Å². The third kappa shape index (κ3) is 5.01. The highest BCUT2D eigenvalue weighted by atomic mass is 19.1. The van der Waals surface area contributed by atoms with E-state index in [1.165, 1.54) is 17.7 Å². The van der Waals surface area contributed by atoms with Crippen molar-refractivity contribution in [3.8, 4) is 5.69 Å². The van der Waals surface area contributed by atoms with E-state index in [0.717, 1.165) is 11.3 Å². The van der Waals surface area contributed by atoms with E-state index >= 15 is 0 Å². The number of rotatable bonds is 6. The first-order valence-corrected chi connectivity index (χ1v) is 8.77. The Morgan fingerprint density at radius 3 is 2.44 bits per heavy atom. The summed E-state index contributed by atoms with van der Waals surface area (Å²) in [5.41, 5.74) is 3.82. The smallest absolute Gasteiger partial charge is 0.239 e. The Bertz CT molecular complexity index is 916. The molecule has 0 radical (unpaired) electrons. The molecule has 3 aromatic rings. The minimum Gasteiger partial charge on any atom is -0.309 e. The van der Waals surface area contributed by atoms with E-state index in [1.807, 2.05) is 25.8 Å². The SMILES string of the molecule is Cc1ccc(CN(C)CC(=O)Nc2cc(C)nn2-c2ccc(F)cc2)cc1. The zero-order chi connectivity index (χ0) is 19.4. The fraction of sp³-hybridized carbons (Fsp3) is 0.238. The predicted molar refractivity (Wildman–Crippen MR) is 104 cm³/mol. The van der Waals surface area contributed by atoms with Crippen LogP contribution in [0, 0.1) is 19.7 Å². The molecule has 2 aromatic carbocycles. The van der Waals surface area contributed by atoms with Gasteiger partial charge in [-0.05, 0) is 50.7 Å². The molecule has 1 amide bonds. The summed E-state index contributed by atoms with van der Waals surface area (Å²) in [5.74, 6) is 0.117. The Labute approximate surface area is 158 Å². The van der Waals surface area contributed by atoms with Crippen molar-refractivity contribution in [2.45, 2.75) is 20.4 Å². The zero-order valence-electron chi connectivity index (χ0n) is 15.7. The van der Waals surface area contributed by atoms with Crippen LogP contribution in [0.15, 0.2) is 54.6 Å². The van der Waals surface area contributed by atoms with Gasteiger partial charge in [-0.25, -0.2) is 9.07 Å². The van der Waals surface area contributed by atoms with Crippen LogP contribution < -0.4 is 5.32 Å². The van der Waals surface area contributed by atoms with Gasteiger partial charge in [-0.15, -0.1) is 0 Å². The number of nitrogens with one attached hydrogen (secondary N) is 1. The van der Waals surface area contributed by atoms with Crippen LogP contribution in [0.3, 0.4) is 0 Å². The predicted octanol–water partition coefficient (Wildman–Crippen LogP) is 3.70. The Balaban J connectivity index is 1.65. The summed E-state index contributed by atoms with van der Waals surface area (Å²) in [6.45, 7) is 4.83. The fourth-order valence-corrected chi connectivity index (χ4v) is 2.86. The molecule has 0 aliphatic heterocycles. The second kappa shape index (κ2) is 8.14. The molecule has 0 fully saturated rings. The van der Waals surface area contributed by atoms with Crippen LogP contribution in [0.1, 0.15) is 16.8 Å². The van der Waals surface area contributed by atoms with Gasteiger partial charge in [0.25, 0.3) is 0 Å². The van der Waals surface area contributed by atoms with Gasteiger partial charge < -0.3 is 5.32 Å². The number of halogens is 1. The highest BCUT2D eigenvalue weighted by Crippen LogP contribution is 2.17. The van der Waals surface area contributed by atoms with Crippen LogP contribution in [0.25, 0.3) is 5.69 Å². The van der Waals surface area contributed by atoms with E-state index in [1.54, 1.807) is 22.9 Å². The van der Waals surface area contributed by atoms with Crippen molar-refractivity contribution in [2.75, 3.05) is 18.9 Å². The highest BCUT2D eigenvalue weighted by Gasteiger charge is 2.13. The van der Waals surface area contributed by atoms with Crippen LogP contribution in [-0.2, 0) is 11.3 Å². The van der Waals surface area contributed by atoms with E-state index in [-0.39, 0.29) is 18.3 Å². The van der Waals surface area contributed by atoms with Crippen molar-refractivity contribution < 1.29 is 9.18 Å². The standard InChI is InChI=1S/C21H23FN4O/c1-15-4-6-17(7-5-15)13-25(3)14-21(27)23-20-12-16(2)24-26(20)19-10-8-18(22)9-11-19/h4-12H,13-14H2,1-3H3,(H,23,27). The summed E-state index contributed by atoms with van der Waals surface area (Å²) in [6.07, 6.45) is 0. The number of hydrogen-bond acceptors (Lipinski definition) is 3. The van der Waals surface area contributed by atoms with Gasteiger partial charge in [-0.2, -0.15) is 5.10 Å². The van der Waals surface area contributed by atoms with Crippen LogP contribution in [0.2, 0.25) is 0 Å². The molecule has 1 heterocycles. The van der Waals surface area contributed by atoms with Gasteiger partial charge in [0, 0.05) is 12.6 Å². The minimum atomic E-state index is -0.314. The van der Waals surface area contributed by atoms with E-state index in [0.29, 0.717) is 18.1 Å². The second-order valence-electron chi connectivity index (χ2n) is 6.77. The first-order valence-electron chi connectivity index (χ1n) is 8.77. The topological polar surface area (TPSA) is 50.2 Å². The van der Waals surface area contributed by atoms with Crippen molar-refractivity contribution >= 4 is 11.7 Å². The number of benzene rings is 2. The van der Waals surface area contributed by atoms with Crippen molar-refractivity contribution in [1.29, 1.82) is 0 Å². The van der Waals surface area contributed by atoms with Crippen molar-refractivity contribution in [2.24, 2.45) is 0 Å². The Morgan fingerprint density at radius 1 is 1.11 bits per heavy atom. The molecular formula is C21H23FN4O. The molecule has 0 aliphatic carbocycles. The van der Waals surface area contributed by atoms with E-state index in [9.17, 15) is 9.18 Å². The Kier molecular flexibility index (Phi) is 5.66. The molecule has 6 heteroatoms. The fourth-order valence-electron chi connectivity index (χ4n) is 2.86. The maximum atomic E-state index is 13.2. The van der Waals surface area contributed by atoms with Gasteiger partial charge >= 0.3 is 0 Å². The molecule has 140 valence electrons. The monoisotopic (exact) mass is 366 g/mol. The number of nitrogens with zero attached hydrogens (tertiary/aromatic N) is 3. The highest BCUT2D eigenvalue weighted by molar-refractivity contribution is 5.91. The molecule has 5 nitrogen and oxygen atoms in total. The maximum Gasteiger partial charge on any atom is 0.239 e. The molecule has 0 saturated carbocycles. The van der Waals surface area contributed by atoms with Gasteiger partial charge in [-0.1, -0.05) is 29.8 Å². The first-order chi connectivity index (χ1) is 12.9. The number of carbonyl (C=O) groups excluding carboxylic acids is 1. The molecule has 1 aromatic heterocycles. The normalized spacial score (nSPS) is 11.0. The van der Waals surface area contributed by atoms with Gasteiger partial charge in [0.15, 0.2) is 0 Å². The van der Waals surface area contributed by atoms with Crippen molar-refractivity contribution in [3.05, 3.63) is 77.2 Å². The molecule has 1 N–H and O–H groups in total. The third-order valence-electron chi connectivity index (χ3n) is 4.16. The quantitative estimate of drug-likeness (QED) is 0.724. The molecule has 3 rings (SSSR count). The summed E-state index contributed by atoms with van der Waals surface area (Å²) < 4.78 is 14.8. The lowest BCUT2D eigenvalue weighted by molar-refractivity contribution is -0.117. The largest absolute Gasteiger partial charge is 0.309 e. The third-order valence-corrected chi connectivity index (χ3v) is 4.16. The number of aromatic nitrogens is 2. The average molecular weight is 366 g/mol. The molecule has 0 bridgehead atoms. The number of carbonyl (C=O) groups is 1.